The average molecular weight is 171 g/mol. The van der Waals surface area contributed by atoms with E-state index >= 15 is 0 Å². The summed E-state index contributed by atoms with van der Waals surface area (Å²) in [4.78, 5) is 12.9. The Morgan fingerprint density at radius 1 is 1.75 bits per heavy atom. The molecule has 0 saturated carbocycles. The van der Waals surface area contributed by atoms with Crippen molar-refractivity contribution in [2.75, 3.05) is 13.2 Å². The van der Waals surface area contributed by atoms with Crippen LogP contribution in [-0.4, -0.2) is 23.4 Å². The van der Waals surface area contributed by atoms with E-state index in [1.807, 2.05) is 0 Å². The topological polar surface area (TPSA) is 72.6 Å². The third kappa shape index (κ3) is 9.19. The van der Waals surface area contributed by atoms with Gasteiger partial charge in [0.25, 0.3) is 5.09 Å². The zero-order valence-electron chi connectivity index (χ0n) is 3.83. The van der Waals surface area contributed by atoms with Crippen molar-refractivity contribution in [2.24, 2.45) is 0 Å². The van der Waals surface area contributed by atoms with Crippen molar-refractivity contribution in [1.29, 1.82) is 0 Å². The Hall–Kier alpha value is -0.321. The van der Waals surface area contributed by atoms with E-state index in [2.05, 4.69) is 4.84 Å². The van der Waals surface area contributed by atoms with E-state index in [-0.39, 0.29) is 30.3 Å². The van der Waals surface area contributed by atoms with Gasteiger partial charge in [0, 0.05) is 17.1 Å². The van der Waals surface area contributed by atoms with Crippen LogP contribution in [0.5, 0.6) is 0 Å². The number of nitrogens with zero attached hydrogens (tertiary/aromatic N) is 1. The van der Waals surface area contributed by atoms with Gasteiger partial charge < -0.3 is 9.94 Å². The summed E-state index contributed by atoms with van der Waals surface area (Å²) >= 11 is 0. The molecule has 0 bridgehead atoms. The minimum atomic E-state index is -0.948. The van der Waals surface area contributed by atoms with Crippen molar-refractivity contribution in [2.45, 2.75) is 0 Å². The fourth-order valence-electron chi connectivity index (χ4n) is 0.115. The molecule has 0 saturated heterocycles. The summed E-state index contributed by atoms with van der Waals surface area (Å²) in [6.45, 7) is -0.562. The molecule has 5 nitrogen and oxygen atoms in total. The summed E-state index contributed by atoms with van der Waals surface area (Å²) in [5.74, 6) is 0. The Balaban J connectivity index is 0. The second-order valence-corrected chi connectivity index (χ2v) is 0.780. The van der Waals surface area contributed by atoms with Crippen LogP contribution in [0, 0.1) is 10.1 Å². The molecule has 0 aromatic carbocycles. The maximum Gasteiger partial charge on any atom is 0.294 e. The zero-order valence-corrected chi connectivity index (χ0v) is 4.78. The van der Waals surface area contributed by atoms with Crippen molar-refractivity contribution >= 4 is 0 Å². The number of hydrogen-bond acceptors (Lipinski definition) is 4. The molecular formula is C2H5CuNO4. The molecule has 0 aliphatic rings. The standard InChI is InChI=1S/C2H5NO4.Cu/c4-1-2-7-3(5)6;/h4H,1-2H2;. The van der Waals surface area contributed by atoms with Gasteiger partial charge in [-0.25, -0.2) is 0 Å². The van der Waals surface area contributed by atoms with Gasteiger partial charge >= 0.3 is 0 Å². The minimum absolute atomic E-state index is 0. The molecule has 0 amide bonds. The third-order valence-corrected chi connectivity index (χ3v) is 0.288. The first-order valence-corrected chi connectivity index (χ1v) is 1.65. The van der Waals surface area contributed by atoms with Crippen molar-refractivity contribution < 1.29 is 32.1 Å². The normalized spacial score (nSPS) is 7.12. The van der Waals surface area contributed by atoms with E-state index < -0.39 is 5.09 Å². The van der Waals surface area contributed by atoms with Crippen molar-refractivity contribution in [1.82, 2.24) is 0 Å². The Kier molecular flexibility index (Phi) is 8.87. The monoisotopic (exact) mass is 170 g/mol. The SMILES string of the molecule is O=[N+]([O-])OCCO.[Cu]. The maximum atomic E-state index is 9.23. The van der Waals surface area contributed by atoms with Crippen LogP contribution in [0.2, 0.25) is 0 Å². The second-order valence-electron chi connectivity index (χ2n) is 0.780. The van der Waals surface area contributed by atoms with E-state index in [9.17, 15) is 10.1 Å². The molecule has 6 heteroatoms. The van der Waals surface area contributed by atoms with Gasteiger partial charge in [0.15, 0.2) is 0 Å². The predicted molar refractivity (Wildman–Crippen MR) is 20.0 cm³/mol. The van der Waals surface area contributed by atoms with Gasteiger partial charge in [-0.2, -0.15) is 0 Å². The van der Waals surface area contributed by atoms with Gasteiger partial charge in [-0.3, -0.25) is 0 Å². The maximum absolute atomic E-state index is 9.23. The zero-order chi connectivity index (χ0) is 5.70. The molecule has 0 spiro atoms. The Morgan fingerprint density at radius 2 is 2.25 bits per heavy atom. The molecule has 0 fully saturated rings. The van der Waals surface area contributed by atoms with Crippen LogP contribution in [0.1, 0.15) is 0 Å². The molecule has 0 rings (SSSR count). The summed E-state index contributed by atoms with van der Waals surface area (Å²) in [5.41, 5.74) is 0. The first-order chi connectivity index (χ1) is 3.27. The Labute approximate surface area is 56.2 Å². The van der Waals surface area contributed by atoms with E-state index in [1.165, 1.54) is 0 Å². The summed E-state index contributed by atoms with van der Waals surface area (Å²) < 4.78 is 0. The number of aliphatic hydroxyl groups excluding tert-OH is 1. The van der Waals surface area contributed by atoms with Crippen molar-refractivity contribution in [3.8, 4) is 0 Å². The van der Waals surface area contributed by atoms with Crippen LogP contribution in [0.4, 0.5) is 0 Å². The molecule has 0 unspecified atom stereocenters. The Morgan fingerprint density at radius 3 is 2.38 bits per heavy atom. The fourth-order valence-corrected chi connectivity index (χ4v) is 0.115. The number of aliphatic hydroxyl groups is 1. The molecule has 0 aromatic rings. The van der Waals surface area contributed by atoms with Gasteiger partial charge in [-0.05, 0) is 0 Å². The molecule has 1 radical (unpaired) electrons. The first-order valence-electron chi connectivity index (χ1n) is 1.65. The fraction of sp³-hybridized carbons (Fsp3) is 1.00. The molecule has 0 aromatic heterocycles. The molecule has 0 aliphatic carbocycles. The quantitative estimate of drug-likeness (QED) is 0.342. The Bertz CT molecular complexity index is 67.1. The molecule has 1 N–H and O–H groups in total. The van der Waals surface area contributed by atoms with Crippen LogP contribution in [0.15, 0.2) is 0 Å². The van der Waals surface area contributed by atoms with Gasteiger partial charge in [-0.1, -0.05) is 0 Å². The number of hydrogen-bond donors (Lipinski definition) is 1. The average Bonchev–Trinajstić information content (AvgIpc) is 1.61. The van der Waals surface area contributed by atoms with Gasteiger partial charge in [0.2, 0.25) is 0 Å². The molecule has 0 atom stereocenters. The molecule has 8 heavy (non-hydrogen) atoms. The van der Waals surface area contributed by atoms with Crippen LogP contribution < -0.4 is 0 Å². The van der Waals surface area contributed by atoms with Crippen LogP contribution in [0.3, 0.4) is 0 Å². The van der Waals surface area contributed by atoms with E-state index in [0.717, 1.165) is 0 Å². The van der Waals surface area contributed by atoms with Gasteiger partial charge in [0.05, 0.1) is 6.61 Å². The minimum Gasteiger partial charge on any atom is -0.394 e. The van der Waals surface area contributed by atoms with Crippen molar-refractivity contribution in [3.05, 3.63) is 10.1 Å². The third-order valence-electron chi connectivity index (χ3n) is 0.288. The van der Waals surface area contributed by atoms with Gasteiger partial charge in [0.1, 0.15) is 6.61 Å². The summed E-state index contributed by atoms with van der Waals surface area (Å²) in [7, 11) is 0. The summed E-state index contributed by atoms with van der Waals surface area (Å²) in [6.07, 6.45) is 0. The number of rotatable bonds is 3. The van der Waals surface area contributed by atoms with Crippen LogP contribution >= 0.6 is 0 Å². The van der Waals surface area contributed by atoms with Crippen molar-refractivity contribution in [3.63, 3.8) is 0 Å². The van der Waals surface area contributed by atoms with E-state index in [1.54, 1.807) is 0 Å². The van der Waals surface area contributed by atoms with E-state index in [0.29, 0.717) is 0 Å². The van der Waals surface area contributed by atoms with Crippen LogP contribution in [-0.2, 0) is 21.9 Å². The molecule has 0 heterocycles. The van der Waals surface area contributed by atoms with E-state index in [4.69, 9.17) is 5.11 Å². The molecule has 53 valence electrons. The molecule has 0 aliphatic heterocycles. The van der Waals surface area contributed by atoms with Crippen LogP contribution in [0.25, 0.3) is 0 Å². The summed E-state index contributed by atoms with van der Waals surface area (Å²) in [6, 6.07) is 0. The first kappa shape index (κ1) is 10.6. The second kappa shape index (κ2) is 6.68. The largest absolute Gasteiger partial charge is 0.394 e. The molecular weight excluding hydrogens is 166 g/mol. The predicted octanol–water partition coefficient (Wildman–Crippen LogP) is -0.816. The smallest absolute Gasteiger partial charge is 0.294 e. The summed E-state index contributed by atoms with van der Waals surface area (Å²) in [5, 5.41) is 16.2. The van der Waals surface area contributed by atoms with Gasteiger partial charge in [-0.15, -0.1) is 10.1 Å².